The quantitative estimate of drug-likeness (QED) is 0.821. The van der Waals surface area contributed by atoms with E-state index in [0.717, 1.165) is 0 Å². The van der Waals surface area contributed by atoms with E-state index in [1.54, 1.807) is 30.0 Å². The minimum absolute atomic E-state index is 0.0244. The number of amides is 1. The van der Waals surface area contributed by atoms with Gasteiger partial charge in [-0.3, -0.25) is 14.6 Å². The molecule has 2 aromatic rings. The van der Waals surface area contributed by atoms with E-state index in [4.69, 9.17) is 5.11 Å². The molecule has 0 aromatic carbocycles. The Bertz CT molecular complexity index is 608. The Balaban J connectivity index is 2.02. The number of carbonyl (C=O) groups excluding carboxylic acids is 1. The smallest absolute Gasteiger partial charge is 0.303 e. The van der Waals surface area contributed by atoms with Gasteiger partial charge in [-0.25, -0.2) is 4.52 Å². The zero-order valence-electron chi connectivity index (χ0n) is 10.4. The number of nitrogens with zero attached hydrogens (tertiary/aromatic N) is 3. The molecule has 0 radical (unpaired) electrons. The van der Waals surface area contributed by atoms with Crippen molar-refractivity contribution in [2.45, 2.75) is 13.3 Å². The van der Waals surface area contributed by atoms with Crippen LogP contribution in [-0.4, -0.2) is 38.1 Å². The van der Waals surface area contributed by atoms with Crippen molar-refractivity contribution in [3.8, 4) is 0 Å². The molecule has 0 aliphatic carbocycles. The molecule has 19 heavy (non-hydrogen) atoms. The van der Waals surface area contributed by atoms with Crippen molar-refractivity contribution in [2.75, 3.05) is 6.54 Å². The molecule has 2 aromatic heterocycles. The van der Waals surface area contributed by atoms with E-state index in [-0.39, 0.29) is 18.2 Å². The molecule has 0 bridgehead atoms. The van der Waals surface area contributed by atoms with Gasteiger partial charge in [0.05, 0.1) is 23.5 Å². The zero-order valence-corrected chi connectivity index (χ0v) is 10.4. The molecule has 1 atom stereocenters. The van der Waals surface area contributed by atoms with Crippen LogP contribution in [0, 0.1) is 5.92 Å². The molecule has 0 aliphatic heterocycles. The Morgan fingerprint density at radius 3 is 3.00 bits per heavy atom. The molecule has 0 aliphatic rings. The fourth-order valence-corrected chi connectivity index (χ4v) is 1.74. The third-order valence-corrected chi connectivity index (χ3v) is 2.70. The van der Waals surface area contributed by atoms with Crippen LogP contribution in [0.15, 0.2) is 24.8 Å². The van der Waals surface area contributed by atoms with E-state index in [9.17, 15) is 9.59 Å². The fraction of sp³-hybridized carbons (Fsp3) is 0.333. The van der Waals surface area contributed by atoms with Gasteiger partial charge in [-0.1, -0.05) is 6.92 Å². The van der Waals surface area contributed by atoms with Crippen LogP contribution in [0.4, 0.5) is 0 Å². The first-order valence-electron chi connectivity index (χ1n) is 5.85. The van der Waals surface area contributed by atoms with Gasteiger partial charge in [-0.15, -0.1) is 0 Å². The number of fused-ring (bicyclic) bond motifs is 1. The second kappa shape index (κ2) is 5.47. The van der Waals surface area contributed by atoms with Gasteiger partial charge in [0.1, 0.15) is 0 Å². The summed E-state index contributed by atoms with van der Waals surface area (Å²) in [5, 5.41) is 15.4. The Hall–Kier alpha value is -2.44. The topological polar surface area (TPSA) is 96.6 Å². The van der Waals surface area contributed by atoms with Crippen LogP contribution in [0.25, 0.3) is 5.52 Å². The monoisotopic (exact) mass is 262 g/mol. The Morgan fingerprint density at radius 2 is 2.26 bits per heavy atom. The third kappa shape index (κ3) is 3.06. The number of rotatable bonds is 5. The molecule has 2 N–H and O–H groups in total. The molecule has 1 amide bonds. The summed E-state index contributed by atoms with van der Waals surface area (Å²) >= 11 is 0. The van der Waals surface area contributed by atoms with Crippen molar-refractivity contribution in [1.29, 1.82) is 0 Å². The number of hydrogen-bond donors (Lipinski definition) is 2. The predicted molar refractivity (Wildman–Crippen MR) is 66.7 cm³/mol. The summed E-state index contributed by atoms with van der Waals surface area (Å²) in [6.45, 7) is 2.08. The second-order valence-electron chi connectivity index (χ2n) is 4.38. The number of carbonyl (C=O) groups is 2. The van der Waals surface area contributed by atoms with Gasteiger partial charge in [0.15, 0.2) is 0 Å². The molecule has 100 valence electrons. The van der Waals surface area contributed by atoms with Crippen LogP contribution in [-0.2, 0) is 4.79 Å². The van der Waals surface area contributed by atoms with Crippen LogP contribution < -0.4 is 5.32 Å². The number of carboxylic acids is 1. The lowest BCUT2D eigenvalue weighted by Crippen LogP contribution is -2.29. The van der Waals surface area contributed by atoms with Gasteiger partial charge in [0.25, 0.3) is 5.91 Å². The van der Waals surface area contributed by atoms with E-state index in [1.807, 2.05) is 0 Å². The molecule has 2 rings (SSSR count). The van der Waals surface area contributed by atoms with Crippen LogP contribution in [0.3, 0.4) is 0 Å². The summed E-state index contributed by atoms with van der Waals surface area (Å²) in [4.78, 5) is 26.4. The van der Waals surface area contributed by atoms with Crippen molar-refractivity contribution in [3.05, 3.63) is 30.4 Å². The van der Waals surface area contributed by atoms with Crippen molar-refractivity contribution in [2.24, 2.45) is 5.92 Å². The third-order valence-electron chi connectivity index (χ3n) is 2.70. The first-order chi connectivity index (χ1) is 9.08. The number of aromatic nitrogens is 3. The average Bonchev–Trinajstić information content (AvgIpc) is 2.79. The molecule has 0 spiro atoms. The van der Waals surface area contributed by atoms with Crippen LogP contribution in [0.2, 0.25) is 0 Å². The van der Waals surface area contributed by atoms with Crippen molar-refractivity contribution >= 4 is 17.4 Å². The van der Waals surface area contributed by atoms with Gasteiger partial charge < -0.3 is 10.4 Å². The summed E-state index contributed by atoms with van der Waals surface area (Å²) in [5.74, 6) is -1.27. The summed E-state index contributed by atoms with van der Waals surface area (Å²) in [6.07, 6.45) is 6.28. The first-order valence-corrected chi connectivity index (χ1v) is 5.85. The molecule has 0 saturated heterocycles. The van der Waals surface area contributed by atoms with Crippen molar-refractivity contribution < 1.29 is 14.7 Å². The second-order valence-corrected chi connectivity index (χ2v) is 4.38. The Labute approximate surface area is 109 Å². The highest BCUT2D eigenvalue weighted by Crippen LogP contribution is 2.08. The molecule has 7 heteroatoms. The fourth-order valence-electron chi connectivity index (χ4n) is 1.74. The largest absolute Gasteiger partial charge is 0.481 e. The molecule has 2 heterocycles. The summed E-state index contributed by atoms with van der Waals surface area (Å²) in [6, 6.07) is 0. The number of carboxylic acid groups (broad SMARTS) is 1. The van der Waals surface area contributed by atoms with E-state index < -0.39 is 5.97 Å². The lowest BCUT2D eigenvalue weighted by atomic mass is 10.1. The molecular weight excluding hydrogens is 248 g/mol. The average molecular weight is 262 g/mol. The normalized spacial score (nSPS) is 12.3. The van der Waals surface area contributed by atoms with E-state index >= 15 is 0 Å². The highest BCUT2D eigenvalue weighted by atomic mass is 16.4. The lowest BCUT2D eigenvalue weighted by molar-refractivity contribution is -0.137. The summed E-state index contributed by atoms with van der Waals surface area (Å²) in [5.41, 5.74) is 1.04. The Morgan fingerprint density at radius 1 is 1.47 bits per heavy atom. The maximum absolute atomic E-state index is 12.0. The first kappa shape index (κ1) is 13.0. The number of hydrogen-bond acceptors (Lipinski definition) is 4. The van der Waals surface area contributed by atoms with Gasteiger partial charge >= 0.3 is 5.97 Å². The van der Waals surface area contributed by atoms with Gasteiger partial charge in [-0.2, -0.15) is 5.10 Å². The summed E-state index contributed by atoms with van der Waals surface area (Å²) < 4.78 is 1.56. The van der Waals surface area contributed by atoms with E-state index in [2.05, 4.69) is 15.4 Å². The standard InChI is InChI=1S/C12H14N4O3/c1-8(4-11(17)18)5-14-12(19)9-6-15-16-3-2-13-7-10(9)16/h2-3,6-8H,4-5H2,1H3,(H,14,19)(H,17,18). The SMILES string of the molecule is CC(CNC(=O)c1cnn2ccncc12)CC(=O)O. The zero-order chi connectivity index (χ0) is 13.8. The van der Waals surface area contributed by atoms with Gasteiger partial charge in [0.2, 0.25) is 0 Å². The van der Waals surface area contributed by atoms with Gasteiger partial charge in [0, 0.05) is 25.4 Å². The summed E-state index contributed by atoms with van der Waals surface area (Å²) in [7, 11) is 0. The number of aliphatic carboxylic acids is 1. The number of nitrogens with one attached hydrogen (secondary N) is 1. The maximum atomic E-state index is 12.0. The van der Waals surface area contributed by atoms with Crippen LogP contribution in [0.5, 0.6) is 0 Å². The highest BCUT2D eigenvalue weighted by Gasteiger charge is 2.14. The van der Waals surface area contributed by atoms with Crippen molar-refractivity contribution in [3.63, 3.8) is 0 Å². The molecule has 7 nitrogen and oxygen atoms in total. The molecule has 0 fully saturated rings. The van der Waals surface area contributed by atoms with E-state index in [1.165, 1.54) is 6.20 Å². The Kier molecular flexibility index (Phi) is 3.74. The molecule has 0 saturated carbocycles. The van der Waals surface area contributed by atoms with Gasteiger partial charge in [-0.05, 0) is 5.92 Å². The van der Waals surface area contributed by atoms with Crippen LogP contribution in [0.1, 0.15) is 23.7 Å². The minimum atomic E-state index is -0.873. The molecule has 1 unspecified atom stereocenters. The minimum Gasteiger partial charge on any atom is -0.481 e. The molecular formula is C12H14N4O3. The maximum Gasteiger partial charge on any atom is 0.303 e. The predicted octanol–water partition coefficient (Wildman–Crippen LogP) is 0.570. The lowest BCUT2D eigenvalue weighted by Gasteiger charge is -2.09. The highest BCUT2D eigenvalue weighted by molar-refractivity contribution is 6.00. The van der Waals surface area contributed by atoms with Crippen molar-refractivity contribution in [1.82, 2.24) is 19.9 Å². The van der Waals surface area contributed by atoms with E-state index in [0.29, 0.717) is 17.6 Å². The van der Waals surface area contributed by atoms with Crippen LogP contribution >= 0.6 is 0 Å².